The average molecular weight is 633 g/mol. The zero-order valence-electron chi connectivity index (χ0n) is 27.4. The largest absolute Gasteiger partial charge is 0.461 e. The van der Waals surface area contributed by atoms with E-state index in [4.69, 9.17) is 9.47 Å². The number of amides is 1. The van der Waals surface area contributed by atoms with Crippen molar-refractivity contribution in [2.45, 2.75) is 78.8 Å². The molecule has 0 bridgehead atoms. The summed E-state index contributed by atoms with van der Waals surface area (Å²) in [5, 5.41) is 19.6. The maximum absolute atomic E-state index is 12.7. The summed E-state index contributed by atoms with van der Waals surface area (Å²) < 4.78 is 12.5. The molecular formula is C33H44N8O5. The molecule has 1 aromatic carbocycles. The lowest BCUT2D eigenvalue weighted by molar-refractivity contribution is -0.150. The number of carbonyl (C=O) groups excluding carboxylic acids is 2. The van der Waals surface area contributed by atoms with Crippen LogP contribution in [0.5, 0.6) is 0 Å². The quantitative estimate of drug-likeness (QED) is 0.147. The van der Waals surface area contributed by atoms with Gasteiger partial charge in [-0.2, -0.15) is 9.97 Å². The van der Waals surface area contributed by atoms with Gasteiger partial charge in [0.05, 0.1) is 12.0 Å². The van der Waals surface area contributed by atoms with E-state index >= 15 is 0 Å². The number of nitrogens with zero attached hydrogens (tertiary/aromatic N) is 5. The summed E-state index contributed by atoms with van der Waals surface area (Å²) in [5.74, 6) is -0.113. The molecule has 13 heteroatoms. The predicted octanol–water partition coefficient (Wildman–Crippen LogP) is 4.95. The SMILES string of the molecule is CC(C)[C@H](NC(=O)OC(C)(C)C)C(=O)OC[C@H](O)CNc1nc(NCc2ccc(-c3ccccn3)cc2)c2ncn(C(C)C)c2n1. The van der Waals surface area contributed by atoms with Crippen molar-refractivity contribution >= 4 is 35.0 Å². The summed E-state index contributed by atoms with van der Waals surface area (Å²) in [5.41, 5.74) is 3.52. The summed E-state index contributed by atoms with van der Waals surface area (Å²) in [6, 6.07) is 13.1. The number of aliphatic hydroxyl groups excluding tert-OH is 1. The van der Waals surface area contributed by atoms with E-state index < -0.39 is 29.8 Å². The number of alkyl carbamates (subject to hydrolysis) is 1. The molecule has 0 aliphatic carbocycles. The molecule has 0 saturated heterocycles. The molecule has 4 rings (SSSR count). The maximum Gasteiger partial charge on any atom is 0.408 e. The lowest BCUT2D eigenvalue weighted by atomic mass is 10.1. The van der Waals surface area contributed by atoms with Crippen molar-refractivity contribution in [1.29, 1.82) is 0 Å². The number of pyridine rings is 1. The fraction of sp³-hybridized carbons (Fsp3) is 0.455. The second-order valence-electron chi connectivity index (χ2n) is 12.6. The van der Waals surface area contributed by atoms with Crippen LogP contribution in [-0.4, -0.2) is 72.6 Å². The van der Waals surface area contributed by atoms with Gasteiger partial charge in [-0.3, -0.25) is 4.98 Å². The first-order valence-corrected chi connectivity index (χ1v) is 15.4. The third kappa shape index (κ3) is 9.36. The summed E-state index contributed by atoms with van der Waals surface area (Å²) in [4.78, 5) is 43.2. The normalized spacial score (nSPS) is 13.0. The van der Waals surface area contributed by atoms with E-state index in [1.807, 2.05) is 60.9 Å². The second-order valence-corrected chi connectivity index (χ2v) is 12.6. The van der Waals surface area contributed by atoms with Gasteiger partial charge in [0.15, 0.2) is 17.0 Å². The minimum atomic E-state index is -1.07. The predicted molar refractivity (Wildman–Crippen MR) is 176 cm³/mol. The first-order chi connectivity index (χ1) is 21.8. The van der Waals surface area contributed by atoms with Gasteiger partial charge in [-0.25, -0.2) is 14.6 Å². The molecule has 3 aromatic heterocycles. The molecule has 2 atom stereocenters. The number of ether oxygens (including phenoxy) is 2. The monoisotopic (exact) mass is 632 g/mol. The van der Waals surface area contributed by atoms with Crippen LogP contribution in [0.2, 0.25) is 0 Å². The van der Waals surface area contributed by atoms with Crippen LogP contribution >= 0.6 is 0 Å². The molecule has 0 saturated carbocycles. The van der Waals surface area contributed by atoms with Crippen LogP contribution in [-0.2, 0) is 20.8 Å². The number of nitrogens with one attached hydrogen (secondary N) is 3. The number of imidazole rings is 1. The van der Waals surface area contributed by atoms with Crippen LogP contribution in [0.1, 0.15) is 60.1 Å². The summed E-state index contributed by atoms with van der Waals surface area (Å²) in [6.07, 6.45) is 1.71. The Morgan fingerprint density at radius 1 is 0.978 bits per heavy atom. The number of benzene rings is 1. The van der Waals surface area contributed by atoms with Crippen LogP contribution < -0.4 is 16.0 Å². The van der Waals surface area contributed by atoms with E-state index in [0.29, 0.717) is 23.5 Å². The van der Waals surface area contributed by atoms with Crippen molar-refractivity contribution in [3.63, 3.8) is 0 Å². The fourth-order valence-electron chi connectivity index (χ4n) is 4.48. The molecule has 246 valence electrons. The molecule has 1 amide bonds. The van der Waals surface area contributed by atoms with Gasteiger partial charge in [0, 0.05) is 30.9 Å². The number of anilines is 2. The van der Waals surface area contributed by atoms with E-state index in [0.717, 1.165) is 16.8 Å². The van der Waals surface area contributed by atoms with Gasteiger partial charge < -0.3 is 35.1 Å². The lowest BCUT2D eigenvalue weighted by Crippen LogP contribution is -2.47. The molecule has 0 radical (unpaired) electrons. The van der Waals surface area contributed by atoms with Crippen LogP contribution in [0.15, 0.2) is 55.0 Å². The van der Waals surface area contributed by atoms with Crippen molar-refractivity contribution in [3.05, 3.63) is 60.6 Å². The van der Waals surface area contributed by atoms with Crippen LogP contribution in [0.4, 0.5) is 16.6 Å². The Labute approximate surface area is 269 Å². The third-order valence-electron chi connectivity index (χ3n) is 6.86. The first-order valence-electron chi connectivity index (χ1n) is 15.4. The van der Waals surface area contributed by atoms with Crippen LogP contribution in [0.3, 0.4) is 0 Å². The second kappa shape index (κ2) is 15.0. The number of aliphatic hydroxyl groups is 1. The Balaban J connectivity index is 1.39. The highest BCUT2D eigenvalue weighted by molar-refractivity contribution is 5.84. The Morgan fingerprint density at radius 2 is 1.72 bits per heavy atom. The fourth-order valence-corrected chi connectivity index (χ4v) is 4.48. The van der Waals surface area contributed by atoms with Gasteiger partial charge >= 0.3 is 12.1 Å². The Kier molecular flexibility index (Phi) is 11.1. The molecule has 0 fully saturated rings. The minimum Gasteiger partial charge on any atom is -0.461 e. The third-order valence-corrected chi connectivity index (χ3v) is 6.86. The molecule has 0 aliphatic rings. The summed E-state index contributed by atoms with van der Waals surface area (Å²) in [7, 11) is 0. The zero-order valence-corrected chi connectivity index (χ0v) is 27.4. The van der Waals surface area contributed by atoms with E-state index in [9.17, 15) is 14.7 Å². The topological polar surface area (TPSA) is 165 Å². The molecule has 4 aromatic rings. The number of carbonyl (C=O) groups is 2. The number of aromatic nitrogens is 5. The van der Waals surface area contributed by atoms with E-state index in [2.05, 4.69) is 35.9 Å². The molecule has 4 N–H and O–H groups in total. The Hall–Kier alpha value is -4.78. The lowest BCUT2D eigenvalue weighted by Gasteiger charge is -2.25. The van der Waals surface area contributed by atoms with Crippen molar-refractivity contribution in [3.8, 4) is 11.3 Å². The van der Waals surface area contributed by atoms with Gasteiger partial charge in [0.1, 0.15) is 24.4 Å². The molecule has 0 aliphatic heterocycles. The van der Waals surface area contributed by atoms with E-state index in [1.165, 1.54) is 0 Å². The Bertz CT molecular complexity index is 1600. The van der Waals surface area contributed by atoms with Crippen LogP contribution in [0, 0.1) is 5.92 Å². The standard InChI is InChI=1S/C33H44N8O5/c1-20(2)26(38-32(44)46-33(5,6)7)30(43)45-18-24(42)17-36-31-39-28(27-29(40-31)41(19-37-27)21(3)4)35-16-22-11-13-23(14-12-22)25-10-8-9-15-34-25/h8-15,19-21,24,26,42H,16-18H2,1-7H3,(H,38,44)(H2,35,36,39,40)/t24-,26+/m1/s1. The zero-order chi connectivity index (χ0) is 33.4. The number of hydrogen-bond acceptors (Lipinski definition) is 11. The average Bonchev–Trinajstić information content (AvgIpc) is 3.44. The number of esters is 1. The maximum atomic E-state index is 12.7. The van der Waals surface area contributed by atoms with Crippen molar-refractivity contribution < 1.29 is 24.2 Å². The number of hydrogen-bond donors (Lipinski definition) is 4. The van der Waals surface area contributed by atoms with Gasteiger partial charge in [-0.15, -0.1) is 0 Å². The molecule has 3 heterocycles. The summed E-state index contributed by atoms with van der Waals surface area (Å²) in [6.45, 7) is 13.0. The van der Waals surface area contributed by atoms with E-state index in [-0.39, 0.29) is 31.1 Å². The van der Waals surface area contributed by atoms with Crippen LogP contribution in [0.25, 0.3) is 22.4 Å². The van der Waals surface area contributed by atoms with Crippen molar-refractivity contribution in [2.24, 2.45) is 5.92 Å². The highest BCUT2D eigenvalue weighted by Crippen LogP contribution is 2.24. The highest BCUT2D eigenvalue weighted by Gasteiger charge is 2.28. The van der Waals surface area contributed by atoms with E-state index in [1.54, 1.807) is 47.1 Å². The van der Waals surface area contributed by atoms with Gasteiger partial charge in [-0.05, 0) is 58.2 Å². The van der Waals surface area contributed by atoms with Gasteiger partial charge in [0.2, 0.25) is 5.95 Å². The van der Waals surface area contributed by atoms with Gasteiger partial charge in [-0.1, -0.05) is 44.2 Å². The first kappa shape index (κ1) is 34.1. The molecule has 0 spiro atoms. The molecule has 13 nitrogen and oxygen atoms in total. The molecular weight excluding hydrogens is 588 g/mol. The minimum absolute atomic E-state index is 0.00880. The molecule has 46 heavy (non-hydrogen) atoms. The number of fused-ring (bicyclic) bond motifs is 1. The summed E-state index contributed by atoms with van der Waals surface area (Å²) >= 11 is 0. The smallest absolute Gasteiger partial charge is 0.408 e. The molecule has 0 unspecified atom stereocenters. The van der Waals surface area contributed by atoms with Crippen molar-refractivity contribution in [1.82, 2.24) is 29.8 Å². The highest BCUT2D eigenvalue weighted by atomic mass is 16.6. The van der Waals surface area contributed by atoms with Crippen molar-refractivity contribution in [2.75, 3.05) is 23.8 Å². The van der Waals surface area contributed by atoms with Gasteiger partial charge in [0.25, 0.3) is 0 Å². The Morgan fingerprint density at radius 3 is 2.35 bits per heavy atom. The number of rotatable bonds is 13.